The first-order valence-electron chi connectivity index (χ1n) is 6.48. The standard InChI is InChI=1S/C15H24N2O2/c1-10-8-11(14(18)17-7-6-16)13(19-5)12(9-10)15(2,3)4/h8-9H,6-7,16H2,1-5H3,(H,17,18). The number of rotatable bonds is 4. The zero-order valence-corrected chi connectivity index (χ0v) is 12.5. The third kappa shape index (κ3) is 3.70. The van der Waals surface area contributed by atoms with E-state index in [0.717, 1.165) is 11.1 Å². The third-order valence-electron chi connectivity index (χ3n) is 2.92. The summed E-state index contributed by atoms with van der Waals surface area (Å²) in [5.74, 6) is 0.504. The van der Waals surface area contributed by atoms with Crippen LogP contribution in [-0.4, -0.2) is 26.1 Å². The molecule has 0 heterocycles. The fourth-order valence-electron chi connectivity index (χ4n) is 2.00. The Kier molecular flexibility index (Phi) is 4.95. The molecule has 0 spiro atoms. The lowest BCUT2D eigenvalue weighted by Gasteiger charge is -2.24. The monoisotopic (exact) mass is 264 g/mol. The Balaban J connectivity index is 3.31. The first-order valence-corrected chi connectivity index (χ1v) is 6.48. The highest BCUT2D eigenvalue weighted by molar-refractivity contribution is 5.97. The molecule has 1 aromatic rings. The van der Waals surface area contributed by atoms with Crippen molar-refractivity contribution in [3.63, 3.8) is 0 Å². The van der Waals surface area contributed by atoms with E-state index in [2.05, 4.69) is 32.2 Å². The summed E-state index contributed by atoms with van der Waals surface area (Å²) in [6.45, 7) is 9.17. The maximum absolute atomic E-state index is 12.2. The SMILES string of the molecule is COc1c(C(=O)NCCN)cc(C)cc1C(C)(C)C. The number of nitrogens with two attached hydrogens (primary N) is 1. The zero-order chi connectivity index (χ0) is 14.6. The van der Waals surface area contributed by atoms with Gasteiger partial charge in [0.1, 0.15) is 5.75 Å². The number of hydrogen-bond donors (Lipinski definition) is 2. The fraction of sp³-hybridized carbons (Fsp3) is 0.533. The number of aryl methyl sites for hydroxylation is 1. The fourth-order valence-corrected chi connectivity index (χ4v) is 2.00. The Morgan fingerprint density at radius 1 is 1.37 bits per heavy atom. The quantitative estimate of drug-likeness (QED) is 0.874. The molecule has 106 valence electrons. The minimum atomic E-state index is -0.142. The normalized spacial score (nSPS) is 11.3. The minimum Gasteiger partial charge on any atom is -0.496 e. The molecule has 4 nitrogen and oxygen atoms in total. The molecule has 1 rings (SSSR count). The molecule has 0 aliphatic rings. The molecule has 0 unspecified atom stereocenters. The van der Waals surface area contributed by atoms with Gasteiger partial charge in [-0.25, -0.2) is 0 Å². The predicted octanol–water partition coefficient (Wildman–Crippen LogP) is 1.99. The number of methoxy groups -OCH3 is 1. The molecule has 4 heteroatoms. The molecule has 0 aliphatic heterocycles. The number of carbonyl (C=O) groups is 1. The van der Waals surface area contributed by atoms with Gasteiger partial charge in [-0.1, -0.05) is 26.8 Å². The van der Waals surface area contributed by atoms with Gasteiger partial charge < -0.3 is 15.8 Å². The molecule has 0 aromatic heterocycles. The first-order chi connectivity index (χ1) is 8.81. The molecular weight excluding hydrogens is 240 g/mol. The molecular formula is C15H24N2O2. The average molecular weight is 264 g/mol. The summed E-state index contributed by atoms with van der Waals surface area (Å²) in [6, 6.07) is 3.92. The maximum Gasteiger partial charge on any atom is 0.255 e. The van der Waals surface area contributed by atoms with Crippen LogP contribution in [0.4, 0.5) is 0 Å². The van der Waals surface area contributed by atoms with Crippen molar-refractivity contribution in [3.8, 4) is 5.75 Å². The van der Waals surface area contributed by atoms with Gasteiger partial charge in [0.2, 0.25) is 0 Å². The molecule has 1 amide bonds. The molecule has 3 N–H and O–H groups in total. The van der Waals surface area contributed by atoms with Crippen molar-refractivity contribution in [2.75, 3.05) is 20.2 Å². The van der Waals surface area contributed by atoms with Gasteiger partial charge in [-0.2, -0.15) is 0 Å². The summed E-state index contributed by atoms with van der Waals surface area (Å²) in [6.07, 6.45) is 0. The van der Waals surface area contributed by atoms with Gasteiger partial charge in [0.05, 0.1) is 12.7 Å². The van der Waals surface area contributed by atoms with Gasteiger partial charge in [0.25, 0.3) is 5.91 Å². The number of ether oxygens (including phenoxy) is 1. The van der Waals surface area contributed by atoms with Crippen LogP contribution in [0.25, 0.3) is 0 Å². The van der Waals surface area contributed by atoms with E-state index in [9.17, 15) is 4.79 Å². The number of hydrogen-bond acceptors (Lipinski definition) is 3. The lowest BCUT2D eigenvalue weighted by Crippen LogP contribution is -2.30. The van der Waals surface area contributed by atoms with Crippen molar-refractivity contribution in [1.29, 1.82) is 0 Å². The summed E-state index contributed by atoms with van der Waals surface area (Å²) in [4.78, 5) is 12.2. The minimum absolute atomic E-state index is 0.0831. The average Bonchev–Trinajstić information content (AvgIpc) is 2.33. The summed E-state index contributed by atoms with van der Waals surface area (Å²) in [7, 11) is 1.60. The van der Waals surface area contributed by atoms with Crippen LogP contribution in [0.15, 0.2) is 12.1 Å². The molecule has 1 aromatic carbocycles. The topological polar surface area (TPSA) is 64.3 Å². The predicted molar refractivity (Wildman–Crippen MR) is 77.8 cm³/mol. The highest BCUT2D eigenvalue weighted by Gasteiger charge is 2.24. The molecule has 19 heavy (non-hydrogen) atoms. The molecule has 0 radical (unpaired) electrons. The Hall–Kier alpha value is -1.55. The highest BCUT2D eigenvalue weighted by atomic mass is 16.5. The van der Waals surface area contributed by atoms with Gasteiger partial charge in [-0.05, 0) is 24.0 Å². The van der Waals surface area contributed by atoms with Gasteiger partial charge in [-0.15, -0.1) is 0 Å². The van der Waals surface area contributed by atoms with Crippen molar-refractivity contribution in [2.24, 2.45) is 5.73 Å². The van der Waals surface area contributed by atoms with E-state index in [1.54, 1.807) is 7.11 Å². The first kappa shape index (κ1) is 15.5. The lowest BCUT2D eigenvalue weighted by molar-refractivity contribution is 0.0951. The second-order valence-electron chi connectivity index (χ2n) is 5.69. The molecule has 0 saturated carbocycles. The van der Waals surface area contributed by atoms with E-state index in [1.165, 1.54) is 0 Å². The highest BCUT2D eigenvalue weighted by Crippen LogP contribution is 2.35. The van der Waals surface area contributed by atoms with Crippen molar-refractivity contribution in [1.82, 2.24) is 5.32 Å². The number of amides is 1. The lowest BCUT2D eigenvalue weighted by atomic mass is 9.84. The van der Waals surface area contributed by atoms with Crippen LogP contribution in [0.5, 0.6) is 5.75 Å². The number of nitrogens with one attached hydrogen (secondary N) is 1. The van der Waals surface area contributed by atoms with Crippen LogP contribution in [0.2, 0.25) is 0 Å². The van der Waals surface area contributed by atoms with Crippen molar-refractivity contribution in [2.45, 2.75) is 33.1 Å². The molecule has 0 saturated heterocycles. The van der Waals surface area contributed by atoms with Crippen LogP contribution in [0, 0.1) is 6.92 Å². The van der Waals surface area contributed by atoms with Crippen LogP contribution in [0.3, 0.4) is 0 Å². The van der Waals surface area contributed by atoms with E-state index in [0.29, 0.717) is 24.4 Å². The van der Waals surface area contributed by atoms with E-state index in [-0.39, 0.29) is 11.3 Å². The number of benzene rings is 1. The summed E-state index contributed by atoms with van der Waals surface area (Å²) in [5, 5.41) is 2.79. The Morgan fingerprint density at radius 3 is 2.47 bits per heavy atom. The summed E-state index contributed by atoms with van der Waals surface area (Å²) in [5.41, 5.74) is 7.98. The van der Waals surface area contributed by atoms with Crippen molar-refractivity contribution in [3.05, 3.63) is 28.8 Å². The maximum atomic E-state index is 12.2. The molecule has 0 bridgehead atoms. The van der Waals surface area contributed by atoms with Crippen molar-refractivity contribution >= 4 is 5.91 Å². The Morgan fingerprint density at radius 2 is 2.00 bits per heavy atom. The van der Waals surface area contributed by atoms with E-state index in [1.807, 2.05) is 13.0 Å². The third-order valence-corrected chi connectivity index (χ3v) is 2.92. The van der Waals surface area contributed by atoms with Crippen LogP contribution >= 0.6 is 0 Å². The zero-order valence-electron chi connectivity index (χ0n) is 12.5. The second-order valence-corrected chi connectivity index (χ2v) is 5.69. The number of carbonyl (C=O) groups excluding carboxylic acids is 1. The largest absolute Gasteiger partial charge is 0.496 e. The molecule has 0 atom stereocenters. The summed E-state index contributed by atoms with van der Waals surface area (Å²) >= 11 is 0. The summed E-state index contributed by atoms with van der Waals surface area (Å²) < 4.78 is 5.47. The van der Waals surface area contributed by atoms with E-state index >= 15 is 0 Å². The second kappa shape index (κ2) is 6.06. The van der Waals surface area contributed by atoms with E-state index in [4.69, 9.17) is 10.5 Å². The molecule has 0 aliphatic carbocycles. The van der Waals surface area contributed by atoms with Gasteiger partial charge in [-0.3, -0.25) is 4.79 Å². The van der Waals surface area contributed by atoms with Crippen LogP contribution in [-0.2, 0) is 5.41 Å². The Labute approximate surface area is 115 Å². The molecule has 0 fully saturated rings. The van der Waals surface area contributed by atoms with Crippen LogP contribution in [0.1, 0.15) is 42.3 Å². The van der Waals surface area contributed by atoms with Gasteiger partial charge in [0.15, 0.2) is 0 Å². The Bertz CT molecular complexity index is 462. The van der Waals surface area contributed by atoms with E-state index < -0.39 is 0 Å². The van der Waals surface area contributed by atoms with Gasteiger partial charge in [0, 0.05) is 18.7 Å². The van der Waals surface area contributed by atoms with Crippen molar-refractivity contribution < 1.29 is 9.53 Å². The van der Waals surface area contributed by atoms with Crippen LogP contribution < -0.4 is 15.8 Å². The van der Waals surface area contributed by atoms with Gasteiger partial charge >= 0.3 is 0 Å². The smallest absolute Gasteiger partial charge is 0.255 e.